The van der Waals surface area contributed by atoms with E-state index in [0.717, 1.165) is 4.88 Å². The van der Waals surface area contributed by atoms with Gasteiger partial charge in [0, 0.05) is 4.88 Å². The summed E-state index contributed by atoms with van der Waals surface area (Å²) >= 11 is 2.56. The van der Waals surface area contributed by atoms with Gasteiger partial charge in [0.15, 0.2) is 6.61 Å². The molecule has 2 heterocycles. The molecule has 0 saturated carbocycles. The summed E-state index contributed by atoms with van der Waals surface area (Å²) in [6.45, 7) is 1.51. The van der Waals surface area contributed by atoms with Gasteiger partial charge < -0.3 is 10.1 Å². The van der Waals surface area contributed by atoms with Gasteiger partial charge in [0.25, 0.3) is 5.91 Å². The number of hydrogen-bond acceptors (Lipinski definition) is 6. The van der Waals surface area contributed by atoms with Crippen LogP contribution < -0.4 is 5.32 Å². The molecule has 0 aromatic carbocycles. The van der Waals surface area contributed by atoms with E-state index in [1.807, 2.05) is 19.1 Å². The molecule has 0 atom stereocenters. The van der Waals surface area contributed by atoms with Gasteiger partial charge in [-0.15, -0.1) is 22.7 Å². The van der Waals surface area contributed by atoms with Crippen molar-refractivity contribution in [3.63, 3.8) is 0 Å². The molecule has 2 aromatic rings. The van der Waals surface area contributed by atoms with Gasteiger partial charge in [0.1, 0.15) is 15.9 Å². The topological polar surface area (TPSA) is 79.2 Å². The maximum absolute atomic E-state index is 11.6. The van der Waals surface area contributed by atoms with E-state index in [4.69, 9.17) is 10.00 Å². The number of nitrogens with one attached hydrogen (secondary N) is 1. The Morgan fingerprint density at radius 3 is 2.85 bits per heavy atom. The number of aryl methyl sites for hydroxylation is 1. The van der Waals surface area contributed by atoms with Crippen LogP contribution in [-0.4, -0.2) is 18.5 Å². The number of nitriles is 1. The normalized spacial score (nSPS) is 9.80. The second-order valence-electron chi connectivity index (χ2n) is 3.81. The summed E-state index contributed by atoms with van der Waals surface area (Å²) in [5, 5.41) is 13.5. The van der Waals surface area contributed by atoms with Crippen molar-refractivity contribution in [3.8, 4) is 6.07 Å². The minimum atomic E-state index is -0.523. The first-order chi connectivity index (χ1) is 9.60. The summed E-state index contributed by atoms with van der Waals surface area (Å²) in [4.78, 5) is 24.7. The molecule has 1 N–H and O–H groups in total. The molecule has 0 aliphatic carbocycles. The largest absolute Gasteiger partial charge is 0.451 e. The predicted octanol–water partition coefficient (Wildman–Crippen LogP) is 2.79. The first-order valence-corrected chi connectivity index (χ1v) is 7.31. The zero-order valence-corrected chi connectivity index (χ0v) is 12.1. The van der Waals surface area contributed by atoms with Crippen LogP contribution in [0.15, 0.2) is 23.6 Å². The number of anilines is 1. The van der Waals surface area contributed by atoms with Crippen LogP contribution in [0.5, 0.6) is 0 Å². The summed E-state index contributed by atoms with van der Waals surface area (Å²) < 4.78 is 4.91. The van der Waals surface area contributed by atoms with Crippen LogP contribution in [0.4, 0.5) is 5.00 Å². The van der Waals surface area contributed by atoms with E-state index in [1.54, 1.807) is 17.5 Å². The molecule has 102 valence electrons. The maximum Gasteiger partial charge on any atom is 0.348 e. The molecular formula is C13H10N2O3S2. The number of ether oxygens (including phenoxy) is 1. The van der Waals surface area contributed by atoms with Crippen LogP contribution in [0.3, 0.4) is 0 Å². The zero-order valence-electron chi connectivity index (χ0n) is 10.5. The third-order valence-electron chi connectivity index (χ3n) is 2.31. The van der Waals surface area contributed by atoms with Crippen LogP contribution in [0.1, 0.15) is 20.1 Å². The summed E-state index contributed by atoms with van der Waals surface area (Å²) in [7, 11) is 0. The minimum Gasteiger partial charge on any atom is -0.451 e. The molecule has 2 aromatic heterocycles. The fourth-order valence-electron chi connectivity index (χ4n) is 1.40. The highest BCUT2D eigenvalue weighted by Gasteiger charge is 2.13. The van der Waals surface area contributed by atoms with Gasteiger partial charge in [-0.2, -0.15) is 5.26 Å². The molecule has 0 aliphatic rings. The van der Waals surface area contributed by atoms with E-state index >= 15 is 0 Å². The summed E-state index contributed by atoms with van der Waals surface area (Å²) in [6.07, 6.45) is 0. The van der Waals surface area contributed by atoms with Crippen molar-refractivity contribution < 1.29 is 14.3 Å². The molecule has 0 spiro atoms. The highest BCUT2D eigenvalue weighted by atomic mass is 32.1. The number of carbonyl (C=O) groups excluding carboxylic acids is 2. The second kappa shape index (κ2) is 6.32. The lowest BCUT2D eigenvalue weighted by molar-refractivity contribution is -0.119. The first kappa shape index (κ1) is 14.2. The van der Waals surface area contributed by atoms with Gasteiger partial charge in [-0.25, -0.2) is 4.79 Å². The molecule has 1 amide bonds. The van der Waals surface area contributed by atoms with Crippen molar-refractivity contribution in [1.82, 2.24) is 0 Å². The predicted molar refractivity (Wildman–Crippen MR) is 77.0 cm³/mol. The fourth-order valence-corrected chi connectivity index (χ4v) is 2.92. The maximum atomic E-state index is 11.6. The Labute approximate surface area is 123 Å². The van der Waals surface area contributed by atoms with Gasteiger partial charge in [-0.05, 0) is 30.5 Å². The number of hydrogen-bond donors (Lipinski definition) is 1. The molecule has 0 saturated heterocycles. The van der Waals surface area contributed by atoms with Gasteiger partial charge in [0.05, 0.1) is 5.56 Å². The van der Waals surface area contributed by atoms with Crippen molar-refractivity contribution in [2.24, 2.45) is 0 Å². The average molecular weight is 306 g/mol. The first-order valence-electron chi connectivity index (χ1n) is 5.61. The van der Waals surface area contributed by atoms with Crippen LogP contribution >= 0.6 is 22.7 Å². The standard InChI is InChI=1S/C13H10N2O3S2/c1-8-2-3-10(20-8)13(17)18-7-11(16)15-12-9(6-14)4-5-19-12/h2-5H,7H2,1H3,(H,15,16). The van der Waals surface area contributed by atoms with Gasteiger partial charge in [0.2, 0.25) is 0 Å². The third kappa shape index (κ3) is 3.44. The SMILES string of the molecule is Cc1ccc(C(=O)OCC(=O)Nc2sccc2C#N)s1. The summed E-state index contributed by atoms with van der Waals surface area (Å²) in [5.74, 6) is -0.990. The molecule has 0 radical (unpaired) electrons. The van der Waals surface area contributed by atoms with E-state index in [9.17, 15) is 9.59 Å². The van der Waals surface area contributed by atoms with Crippen molar-refractivity contribution >= 4 is 39.6 Å². The lowest BCUT2D eigenvalue weighted by Crippen LogP contribution is -2.20. The Balaban J connectivity index is 1.87. The molecule has 7 heteroatoms. The van der Waals surface area contributed by atoms with Crippen molar-refractivity contribution in [2.45, 2.75) is 6.92 Å². The number of amides is 1. The van der Waals surface area contributed by atoms with E-state index in [0.29, 0.717) is 15.4 Å². The lowest BCUT2D eigenvalue weighted by atomic mass is 10.3. The molecule has 0 bridgehead atoms. The number of thiophene rings is 2. The monoisotopic (exact) mass is 306 g/mol. The average Bonchev–Trinajstić information content (AvgIpc) is 3.04. The van der Waals surface area contributed by atoms with Crippen molar-refractivity contribution in [3.05, 3.63) is 38.9 Å². The number of carbonyl (C=O) groups is 2. The Bertz CT molecular complexity index is 682. The van der Waals surface area contributed by atoms with Crippen LogP contribution in [0, 0.1) is 18.3 Å². The van der Waals surface area contributed by atoms with Crippen LogP contribution in [0.2, 0.25) is 0 Å². The van der Waals surface area contributed by atoms with E-state index in [1.165, 1.54) is 22.7 Å². The highest BCUT2D eigenvalue weighted by Crippen LogP contribution is 2.22. The number of esters is 1. The Kier molecular flexibility index (Phi) is 4.50. The number of rotatable bonds is 4. The Morgan fingerprint density at radius 2 is 2.20 bits per heavy atom. The highest BCUT2D eigenvalue weighted by molar-refractivity contribution is 7.14. The lowest BCUT2D eigenvalue weighted by Gasteiger charge is -2.04. The van der Waals surface area contributed by atoms with Gasteiger partial charge in [-0.1, -0.05) is 0 Å². The Morgan fingerprint density at radius 1 is 1.40 bits per heavy atom. The van der Waals surface area contributed by atoms with Gasteiger partial charge in [-0.3, -0.25) is 4.79 Å². The number of nitrogens with zero attached hydrogens (tertiary/aromatic N) is 1. The minimum absolute atomic E-state index is 0.376. The molecular weight excluding hydrogens is 296 g/mol. The molecule has 0 aliphatic heterocycles. The van der Waals surface area contributed by atoms with Crippen LogP contribution in [0.25, 0.3) is 0 Å². The van der Waals surface area contributed by atoms with Gasteiger partial charge >= 0.3 is 5.97 Å². The molecule has 0 unspecified atom stereocenters. The molecule has 0 fully saturated rings. The third-order valence-corrected chi connectivity index (χ3v) is 4.13. The van der Waals surface area contributed by atoms with Crippen LogP contribution in [-0.2, 0) is 9.53 Å². The molecule has 20 heavy (non-hydrogen) atoms. The Hall–Kier alpha value is -2.17. The van der Waals surface area contributed by atoms with E-state index in [2.05, 4.69) is 5.32 Å². The van der Waals surface area contributed by atoms with Crippen molar-refractivity contribution in [1.29, 1.82) is 5.26 Å². The van der Waals surface area contributed by atoms with E-state index in [-0.39, 0.29) is 6.61 Å². The quantitative estimate of drug-likeness (QED) is 0.881. The smallest absolute Gasteiger partial charge is 0.348 e. The second-order valence-corrected chi connectivity index (χ2v) is 6.01. The fraction of sp³-hybridized carbons (Fsp3) is 0.154. The summed E-state index contributed by atoms with van der Waals surface area (Å²) in [5.41, 5.74) is 0.392. The molecule has 2 rings (SSSR count). The zero-order chi connectivity index (χ0) is 14.5. The summed E-state index contributed by atoms with van der Waals surface area (Å²) in [6, 6.07) is 7.05. The molecule has 5 nitrogen and oxygen atoms in total. The van der Waals surface area contributed by atoms with E-state index < -0.39 is 11.9 Å². The van der Waals surface area contributed by atoms with Crippen molar-refractivity contribution in [2.75, 3.05) is 11.9 Å².